The second-order valence-electron chi connectivity index (χ2n) is 1.50. The van der Waals surface area contributed by atoms with Crippen LogP contribution in [0, 0.1) is 0 Å². The van der Waals surface area contributed by atoms with Gasteiger partial charge >= 0.3 is 16.5 Å². The van der Waals surface area contributed by atoms with Gasteiger partial charge in [0.2, 0.25) is 0 Å². The molecule has 0 unspecified atom stereocenters. The van der Waals surface area contributed by atoms with Gasteiger partial charge in [-0.1, -0.05) is 0 Å². The van der Waals surface area contributed by atoms with Crippen molar-refractivity contribution in [3.8, 4) is 0 Å². The molecule has 0 fully saturated rings. The third-order valence-corrected chi connectivity index (χ3v) is 0.375. The Labute approximate surface area is 115 Å². The first-order valence-electron chi connectivity index (χ1n) is 3.62. The van der Waals surface area contributed by atoms with E-state index in [1.807, 2.05) is 0 Å². The van der Waals surface area contributed by atoms with E-state index in [9.17, 15) is 0 Å². The Kier molecular flexibility index (Phi) is 146. The Hall–Kier alpha value is 0.834. The van der Waals surface area contributed by atoms with Crippen LogP contribution < -0.4 is 24.8 Å². The largest absolute Gasteiger partial charge is 2.00 e. The normalized spacial score (nSPS) is 6.00. The summed E-state index contributed by atoms with van der Waals surface area (Å²) in [5.74, 6) is 0. The molecule has 0 spiro atoms. The Morgan fingerprint density at radius 3 is 0.467 bits per heavy atom. The smallest absolute Gasteiger partial charge is 1.00 e. The summed E-state index contributed by atoms with van der Waals surface area (Å²) in [7, 11) is 0. The van der Waals surface area contributed by atoms with E-state index in [2.05, 4.69) is 0 Å². The fraction of sp³-hybridized carbons (Fsp3) is 1.00. The second kappa shape index (κ2) is 60.8. The van der Waals surface area contributed by atoms with Gasteiger partial charge in [-0.2, -0.15) is 39.3 Å². The average Bonchev–Trinajstić information content (AvgIpc) is 2.18. The van der Waals surface area contributed by atoms with Gasteiger partial charge in [0.15, 0.2) is 0 Å². The van der Waals surface area contributed by atoms with Crippen LogP contribution >= 0.6 is 0 Å². The summed E-state index contributed by atoms with van der Waals surface area (Å²) in [6, 6.07) is 0. The SMILES string of the molecule is [Cl-].[Cl-].[NH-]CC[NH-].[NH-]CC[NH-].[NH-]CC[NH-].[Ni+2]. The molecule has 6 nitrogen and oxygen atoms in total. The minimum Gasteiger partial charge on any atom is -1.00 e. The van der Waals surface area contributed by atoms with Gasteiger partial charge in [0.05, 0.1) is 0 Å². The van der Waals surface area contributed by atoms with E-state index >= 15 is 0 Å². The molecule has 6 N–H and O–H groups in total. The van der Waals surface area contributed by atoms with E-state index < -0.39 is 0 Å². The Balaban J connectivity index is -0.0000000184. The van der Waals surface area contributed by atoms with Gasteiger partial charge < -0.3 is 59.2 Å². The van der Waals surface area contributed by atoms with Gasteiger partial charge in [-0.05, 0) is 0 Å². The predicted octanol–water partition coefficient (Wildman–Crippen LogP) is -2.72. The van der Waals surface area contributed by atoms with E-state index in [-0.39, 0.29) is 80.6 Å². The maximum atomic E-state index is 6.26. The number of nitrogens with one attached hydrogen (secondary N) is 6. The van der Waals surface area contributed by atoms with Crippen molar-refractivity contribution in [2.45, 2.75) is 0 Å². The van der Waals surface area contributed by atoms with Crippen LogP contribution in [0.25, 0.3) is 34.4 Å². The first kappa shape index (κ1) is 36.0. The topological polar surface area (TPSA) is 143 Å². The van der Waals surface area contributed by atoms with Gasteiger partial charge in [-0.15, -0.1) is 0 Å². The summed E-state index contributed by atoms with van der Waals surface area (Å²) in [5, 5.41) is 0. The zero-order valence-corrected chi connectivity index (χ0v) is 10.8. The molecule has 102 valence electrons. The molecule has 0 aliphatic heterocycles. The van der Waals surface area contributed by atoms with Gasteiger partial charge in [-0.25, -0.2) is 0 Å². The molecule has 0 aromatic rings. The van der Waals surface area contributed by atoms with E-state index in [1.54, 1.807) is 0 Å². The minimum absolute atomic E-state index is 0. The molecular weight excluding hydrogens is 286 g/mol. The van der Waals surface area contributed by atoms with Crippen LogP contribution in [0.4, 0.5) is 0 Å². The summed E-state index contributed by atoms with van der Waals surface area (Å²) in [6.45, 7) is 1.42. The monoisotopic (exact) mass is 302 g/mol. The Morgan fingerprint density at radius 1 is 0.400 bits per heavy atom. The van der Waals surface area contributed by atoms with Gasteiger partial charge in [0.1, 0.15) is 0 Å². The quantitative estimate of drug-likeness (QED) is 0.499. The molecule has 0 bridgehead atoms. The standard InChI is InChI=1S/3C2H6N2.2ClH.Ni/c3*3-1-2-4;;;/h3*3-4H,1-2H2;2*1H;/q3*-2;;;+2/p-2. The molecule has 0 rings (SSSR count). The van der Waals surface area contributed by atoms with Gasteiger partial charge in [0.25, 0.3) is 0 Å². The van der Waals surface area contributed by atoms with Crippen molar-refractivity contribution in [3.63, 3.8) is 0 Å². The molecular formula is C6H18Cl2N6Ni-6. The average molecular weight is 304 g/mol. The first-order valence-corrected chi connectivity index (χ1v) is 3.62. The number of hydrogen-bond acceptors (Lipinski definition) is 0. The molecule has 0 aromatic heterocycles. The zero-order valence-electron chi connectivity index (χ0n) is 8.31. The van der Waals surface area contributed by atoms with E-state index in [0.29, 0.717) is 0 Å². The first-order chi connectivity index (χ1) is 5.74. The van der Waals surface area contributed by atoms with E-state index in [1.165, 1.54) is 0 Å². The third kappa shape index (κ3) is 166. The number of hydrogen-bond donors (Lipinski definition) is 0. The molecule has 9 heteroatoms. The van der Waals surface area contributed by atoms with Crippen molar-refractivity contribution >= 4 is 0 Å². The Bertz CT molecular complexity index is 41.1. The summed E-state index contributed by atoms with van der Waals surface area (Å²) in [6.07, 6.45) is 0. The second-order valence-corrected chi connectivity index (χ2v) is 1.50. The molecule has 0 aromatic carbocycles. The maximum Gasteiger partial charge on any atom is 2.00 e. The van der Waals surface area contributed by atoms with Crippen LogP contribution in [0.2, 0.25) is 0 Å². The van der Waals surface area contributed by atoms with Crippen LogP contribution in [-0.2, 0) is 16.5 Å². The van der Waals surface area contributed by atoms with Crippen molar-refractivity contribution in [2.24, 2.45) is 0 Å². The molecule has 0 atom stereocenters. The summed E-state index contributed by atoms with van der Waals surface area (Å²) in [4.78, 5) is 0. The van der Waals surface area contributed by atoms with Crippen molar-refractivity contribution in [1.29, 1.82) is 0 Å². The minimum atomic E-state index is 0. The molecule has 0 amide bonds. The summed E-state index contributed by atoms with van der Waals surface area (Å²) >= 11 is 0. The number of rotatable bonds is 3. The van der Waals surface area contributed by atoms with Crippen LogP contribution in [-0.4, -0.2) is 39.3 Å². The van der Waals surface area contributed by atoms with Crippen LogP contribution in [0.15, 0.2) is 0 Å². The molecule has 0 heterocycles. The predicted molar refractivity (Wildman–Crippen MR) is 55.1 cm³/mol. The van der Waals surface area contributed by atoms with Crippen LogP contribution in [0.5, 0.6) is 0 Å². The van der Waals surface area contributed by atoms with Crippen LogP contribution in [0.3, 0.4) is 0 Å². The van der Waals surface area contributed by atoms with Gasteiger partial charge in [0, 0.05) is 0 Å². The van der Waals surface area contributed by atoms with Crippen molar-refractivity contribution in [1.82, 2.24) is 0 Å². The summed E-state index contributed by atoms with van der Waals surface area (Å²) < 4.78 is 0. The van der Waals surface area contributed by atoms with Crippen molar-refractivity contribution in [2.75, 3.05) is 39.3 Å². The third-order valence-electron chi connectivity index (χ3n) is 0.375. The van der Waals surface area contributed by atoms with E-state index in [4.69, 9.17) is 34.4 Å². The number of halogens is 2. The fourth-order valence-electron chi connectivity index (χ4n) is 0. The van der Waals surface area contributed by atoms with Crippen molar-refractivity contribution in [3.05, 3.63) is 34.4 Å². The van der Waals surface area contributed by atoms with Gasteiger partial charge in [-0.3, -0.25) is 0 Å². The fourth-order valence-corrected chi connectivity index (χ4v) is 0. The molecule has 0 radical (unpaired) electrons. The molecule has 0 saturated heterocycles. The summed E-state index contributed by atoms with van der Waals surface area (Å²) in [5.41, 5.74) is 37.6. The molecule has 0 aliphatic carbocycles. The van der Waals surface area contributed by atoms with Crippen molar-refractivity contribution < 1.29 is 41.3 Å². The van der Waals surface area contributed by atoms with E-state index in [0.717, 1.165) is 0 Å². The molecule has 0 saturated carbocycles. The molecule has 0 aliphatic rings. The maximum absolute atomic E-state index is 6.26. The Morgan fingerprint density at radius 2 is 0.467 bits per heavy atom. The van der Waals surface area contributed by atoms with Crippen LogP contribution in [0.1, 0.15) is 0 Å². The zero-order chi connectivity index (χ0) is 10.2. The molecule has 15 heavy (non-hydrogen) atoms.